The third kappa shape index (κ3) is 3.98. The number of hydrogen-bond acceptors (Lipinski definition) is 4. The fourth-order valence-electron chi connectivity index (χ4n) is 4.33. The van der Waals surface area contributed by atoms with Crippen LogP contribution in [0.25, 0.3) is 21.6 Å². The van der Waals surface area contributed by atoms with E-state index in [0.29, 0.717) is 0 Å². The van der Waals surface area contributed by atoms with Gasteiger partial charge in [0.1, 0.15) is 10.8 Å². The zero-order valence-corrected chi connectivity index (χ0v) is 17.6. The second-order valence-electron chi connectivity index (χ2n) is 7.99. The summed E-state index contributed by atoms with van der Waals surface area (Å²) in [6, 6.07) is 19.0. The molecule has 1 aliphatic rings. The minimum Gasteiger partial charge on any atom is -0.328 e. The molecule has 0 unspecified atom stereocenters. The largest absolute Gasteiger partial charge is 0.328 e. The smallest absolute Gasteiger partial charge is 0.123 e. The van der Waals surface area contributed by atoms with Gasteiger partial charge in [0.25, 0.3) is 0 Å². The topological polar surface area (TPSA) is 34.0 Å². The molecule has 29 heavy (non-hydrogen) atoms. The summed E-state index contributed by atoms with van der Waals surface area (Å²) in [6.07, 6.45) is 2.48. The van der Waals surface area contributed by atoms with Crippen LogP contribution in [0.4, 0.5) is 0 Å². The minimum atomic E-state index is 0.720. The molecule has 3 heterocycles. The number of thiazole rings is 1. The first-order valence-corrected chi connectivity index (χ1v) is 11.3. The summed E-state index contributed by atoms with van der Waals surface area (Å²) in [5.41, 5.74) is 4.79. The second-order valence-corrected chi connectivity index (χ2v) is 8.85. The van der Waals surface area contributed by atoms with Gasteiger partial charge in [0.15, 0.2) is 0 Å². The van der Waals surface area contributed by atoms with Gasteiger partial charge in [0.2, 0.25) is 0 Å². The van der Waals surface area contributed by atoms with Crippen molar-refractivity contribution >= 4 is 22.4 Å². The van der Waals surface area contributed by atoms with Gasteiger partial charge >= 0.3 is 0 Å². The normalized spacial score (nSPS) is 15.9. The minimum absolute atomic E-state index is 0.720. The Hall–Kier alpha value is -2.50. The summed E-state index contributed by atoms with van der Waals surface area (Å²) >= 11 is 1.75. The fourth-order valence-corrected chi connectivity index (χ4v) is 5.15. The maximum atomic E-state index is 4.86. The Labute approximate surface area is 175 Å². The molecule has 0 saturated carbocycles. The second kappa shape index (κ2) is 8.09. The van der Waals surface area contributed by atoms with Crippen molar-refractivity contribution in [1.82, 2.24) is 19.4 Å². The molecule has 148 valence electrons. The highest BCUT2D eigenvalue weighted by Crippen LogP contribution is 2.26. The maximum absolute atomic E-state index is 4.86. The van der Waals surface area contributed by atoms with E-state index in [4.69, 9.17) is 9.97 Å². The molecule has 5 heteroatoms. The van der Waals surface area contributed by atoms with Crippen LogP contribution in [0.15, 0.2) is 60.0 Å². The molecule has 4 aromatic rings. The molecule has 1 fully saturated rings. The average Bonchev–Trinajstić information content (AvgIpc) is 3.35. The van der Waals surface area contributed by atoms with E-state index in [1.807, 2.05) is 0 Å². The summed E-state index contributed by atoms with van der Waals surface area (Å²) in [7, 11) is 0. The zero-order valence-electron chi connectivity index (χ0n) is 16.8. The van der Waals surface area contributed by atoms with Gasteiger partial charge in [0, 0.05) is 24.0 Å². The van der Waals surface area contributed by atoms with Gasteiger partial charge in [-0.15, -0.1) is 11.3 Å². The van der Waals surface area contributed by atoms with Gasteiger partial charge in [-0.2, -0.15) is 0 Å². The van der Waals surface area contributed by atoms with Crippen LogP contribution in [0.3, 0.4) is 0 Å². The van der Waals surface area contributed by atoms with Crippen molar-refractivity contribution < 1.29 is 0 Å². The monoisotopic (exact) mass is 402 g/mol. The number of imidazole rings is 1. The molecule has 0 atom stereocenters. The Bertz CT molecular complexity index is 1090. The summed E-state index contributed by atoms with van der Waals surface area (Å²) in [4.78, 5) is 12.1. The van der Waals surface area contributed by atoms with Crippen molar-refractivity contribution in [1.29, 1.82) is 0 Å². The zero-order chi connectivity index (χ0) is 19.6. The first-order valence-electron chi connectivity index (χ1n) is 10.4. The SMILES string of the molecule is Cc1nc2ccccc2n1CC1CCN(Cc2csc(-c3ccccc3)n2)CC1. The molecule has 5 rings (SSSR count). The predicted molar refractivity (Wildman–Crippen MR) is 120 cm³/mol. The van der Waals surface area contributed by atoms with Crippen LogP contribution in [-0.4, -0.2) is 32.5 Å². The van der Waals surface area contributed by atoms with Crippen LogP contribution >= 0.6 is 11.3 Å². The Morgan fingerprint density at radius 3 is 2.55 bits per heavy atom. The van der Waals surface area contributed by atoms with E-state index in [1.54, 1.807) is 11.3 Å². The van der Waals surface area contributed by atoms with Crippen LogP contribution in [0, 0.1) is 12.8 Å². The van der Waals surface area contributed by atoms with Crippen molar-refractivity contribution in [2.75, 3.05) is 13.1 Å². The van der Waals surface area contributed by atoms with E-state index in [-0.39, 0.29) is 0 Å². The molecule has 1 aliphatic heterocycles. The molecule has 0 amide bonds. The van der Waals surface area contributed by atoms with Crippen molar-refractivity contribution in [3.05, 3.63) is 71.5 Å². The number of fused-ring (bicyclic) bond motifs is 1. The first-order chi connectivity index (χ1) is 14.3. The summed E-state index contributed by atoms with van der Waals surface area (Å²) < 4.78 is 2.40. The number of nitrogens with zero attached hydrogens (tertiary/aromatic N) is 4. The lowest BCUT2D eigenvalue weighted by molar-refractivity contribution is 0.166. The van der Waals surface area contributed by atoms with Crippen LogP contribution in [-0.2, 0) is 13.1 Å². The van der Waals surface area contributed by atoms with Crippen molar-refractivity contribution in [2.45, 2.75) is 32.9 Å². The lowest BCUT2D eigenvalue weighted by Crippen LogP contribution is -2.34. The third-order valence-corrected chi connectivity index (χ3v) is 6.89. The number of aryl methyl sites for hydroxylation is 1. The highest BCUT2D eigenvalue weighted by Gasteiger charge is 2.21. The van der Waals surface area contributed by atoms with E-state index in [0.717, 1.165) is 48.4 Å². The van der Waals surface area contributed by atoms with E-state index in [9.17, 15) is 0 Å². The molecular formula is C24H26N4S. The van der Waals surface area contributed by atoms with Gasteiger partial charge in [-0.1, -0.05) is 42.5 Å². The number of piperidine rings is 1. The van der Waals surface area contributed by atoms with Crippen LogP contribution in [0.1, 0.15) is 24.4 Å². The summed E-state index contributed by atoms with van der Waals surface area (Å²) in [5.74, 6) is 1.85. The first kappa shape index (κ1) is 18.5. The Morgan fingerprint density at radius 2 is 1.72 bits per heavy atom. The molecule has 0 bridgehead atoms. The Morgan fingerprint density at radius 1 is 0.966 bits per heavy atom. The van der Waals surface area contributed by atoms with Crippen LogP contribution in [0.5, 0.6) is 0 Å². The highest BCUT2D eigenvalue weighted by molar-refractivity contribution is 7.13. The number of aromatic nitrogens is 3. The quantitative estimate of drug-likeness (QED) is 0.449. The highest BCUT2D eigenvalue weighted by atomic mass is 32.1. The van der Waals surface area contributed by atoms with E-state index in [1.165, 1.54) is 29.6 Å². The number of rotatable bonds is 5. The van der Waals surface area contributed by atoms with E-state index in [2.05, 4.69) is 76.4 Å². The lowest BCUT2D eigenvalue weighted by Gasteiger charge is -2.32. The molecule has 0 aliphatic carbocycles. The van der Waals surface area contributed by atoms with Crippen LogP contribution < -0.4 is 0 Å². The molecule has 0 radical (unpaired) electrons. The molecular weight excluding hydrogens is 376 g/mol. The number of benzene rings is 2. The lowest BCUT2D eigenvalue weighted by atomic mass is 9.96. The predicted octanol–water partition coefficient (Wildman–Crippen LogP) is 5.38. The van der Waals surface area contributed by atoms with Gasteiger partial charge in [0.05, 0.1) is 16.7 Å². The maximum Gasteiger partial charge on any atom is 0.123 e. The number of likely N-dealkylation sites (tertiary alicyclic amines) is 1. The van der Waals surface area contributed by atoms with E-state index >= 15 is 0 Å². The molecule has 4 nitrogen and oxygen atoms in total. The van der Waals surface area contributed by atoms with Gasteiger partial charge < -0.3 is 4.57 Å². The van der Waals surface area contributed by atoms with Gasteiger partial charge in [-0.3, -0.25) is 4.90 Å². The van der Waals surface area contributed by atoms with Crippen molar-refractivity contribution in [3.8, 4) is 10.6 Å². The molecule has 2 aromatic carbocycles. The molecule has 0 N–H and O–H groups in total. The summed E-state index contributed by atoms with van der Waals surface area (Å²) in [5, 5.41) is 3.34. The number of para-hydroxylation sites is 2. The molecule has 0 spiro atoms. The van der Waals surface area contributed by atoms with E-state index < -0.39 is 0 Å². The Balaban J connectivity index is 1.19. The summed E-state index contributed by atoms with van der Waals surface area (Å²) in [6.45, 7) is 6.46. The van der Waals surface area contributed by atoms with Crippen molar-refractivity contribution in [3.63, 3.8) is 0 Å². The standard InChI is InChI=1S/C24H26N4S/c1-18-25-22-9-5-6-10-23(22)28(18)15-19-11-13-27(14-12-19)16-21-17-29-24(26-21)20-7-3-2-4-8-20/h2-10,17,19H,11-16H2,1H3. The molecule has 1 saturated heterocycles. The Kier molecular flexibility index (Phi) is 5.17. The fraction of sp³-hybridized carbons (Fsp3) is 0.333. The van der Waals surface area contributed by atoms with Crippen LogP contribution in [0.2, 0.25) is 0 Å². The van der Waals surface area contributed by atoms with Crippen molar-refractivity contribution in [2.24, 2.45) is 5.92 Å². The molecule has 2 aromatic heterocycles. The third-order valence-electron chi connectivity index (χ3n) is 5.95. The number of hydrogen-bond donors (Lipinski definition) is 0. The van der Waals surface area contributed by atoms with Gasteiger partial charge in [-0.05, 0) is 50.9 Å². The van der Waals surface area contributed by atoms with Gasteiger partial charge in [-0.25, -0.2) is 9.97 Å². The average molecular weight is 403 g/mol.